The van der Waals surface area contributed by atoms with E-state index >= 15 is 0 Å². The first kappa shape index (κ1) is 19.2. The molecular weight excluding hydrogens is 328 g/mol. The molecule has 1 aromatic carbocycles. The number of ether oxygens (including phenoxy) is 5. The normalized spacial score (nSPS) is 18.6. The summed E-state index contributed by atoms with van der Waals surface area (Å²) in [5.41, 5.74) is 0.845. The maximum atomic E-state index is 11.7. The molecule has 138 valence electrons. The summed E-state index contributed by atoms with van der Waals surface area (Å²) in [4.78, 5) is 23.4. The summed E-state index contributed by atoms with van der Waals surface area (Å²) in [6.07, 6.45) is -0.332. The smallest absolute Gasteiger partial charge is 0.306 e. The Morgan fingerprint density at radius 1 is 1.12 bits per heavy atom. The van der Waals surface area contributed by atoms with Crippen LogP contribution in [0.3, 0.4) is 0 Å². The molecule has 0 spiro atoms. The van der Waals surface area contributed by atoms with Gasteiger partial charge in [0.05, 0.1) is 26.6 Å². The van der Waals surface area contributed by atoms with Crippen LogP contribution in [0.15, 0.2) is 24.3 Å². The lowest BCUT2D eigenvalue weighted by molar-refractivity contribution is -0.159. The van der Waals surface area contributed by atoms with Crippen molar-refractivity contribution in [3.05, 3.63) is 29.8 Å². The molecule has 0 radical (unpaired) electrons. The van der Waals surface area contributed by atoms with Gasteiger partial charge < -0.3 is 23.7 Å². The van der Waals surface area contributed by atoms with E-state index in [-0.39, 0.29) is 32.2 Å². The van der Waals surface area contributed by atoms with Crippen LogP contribution in [-0.2, 0) is 35.1 Å². The summed E-state index contributed by atoms with van der Waals surface area (Å²) < 4.78 is 26.2. The van der Waals surface area contributed by atoms with Gasteiger partial charge in [0.15, 0.2) is 5.79 Å². The molecule has 0 unspecified atom stereocenters. The van der Waals surface area contributed by atoms with E-state index in [4.69, 9.17) is 23.7 Å². The van der Waals surface area contributed by atoms with E-state index in [0.717, 1.165) is 11.3 Å². The van der Waals surface area contributed by atoms with Crippen LogP contribution in [0.4, 0.5) is 0 Å². The summed E-state index contributed by atoms with van der Waals surface area (Å²) in [6.45, 7) is 4.24. The molecule has 7 heteroatoms. The molecule has 1 aromatic rings. The molecule has 0 N–H and O–H groups in total. The number of carbonyl (C=O) groups excluding carboxylic acids is 2. The molecule has 7 nitrogen and oxygen atoms in total. The molecule has 1 fully saturated rings. The van der Waals surface area contributed by atoms with Crippen molar-refractivity contribution in [3.63, 3.8) is 0 Å². The van der Waals surface area contributed by atoms with Gasteiger partial charge in [0.2, 0.25) is 0 Å². The quantitative estimate of drug-likeness (QED) is 0.664. The molecule has 25 heavy (non-hydrogen) atoms. The Bertz CT molecular complexity index is 580. The summed E-state index contributed by atoms with van der Waals surface area (Å²) in [7, 11) is 1.58. The molecule has 1 aliphatic rings. The highest BCUT2D eigenvalue weighted by Crippen LogP contribution is 2.22. The number of methoxy groups -OCH3 is 1. The Hall–Kier alpha value is -2.12. The highest BCUT2D eigenvalue weighted by Gasteiger charge is 2.33. The lowest BCUT2D eigenvalue weighted by Gasteiger charge is -2.16. The van der Waals surface area contributed by atoms with Crippen LogP contribution in [0.2, 0.25) is 0 Å². The molecule has 2 rings (SSSR count). The van der Waals surface area contributed by atoms with E-state index in [1.54, 1.807) is 33.1 Å². The molecule has 0 saturated carbocycles. The maximum Gasteiger partial charge on any atom is 0.306 e. The van der Waals surface area contributed by atoms with Crippen LogP contribution in [0, 0.1) is 0 Å². The van der Waals surface area contributed by atoms with Crippen LogP contribution in [-0.4, -0.2) is 44.2 Å². The van der Waals surface area contributed by atoms with Gasteiger partial charge in [0.25, 0.3) is 0 Å². The molecule has 1 aliphatic heterocycles. The number of hydrogen-bond donors (Lipinski definition) is 0. The van der Waals surface area contributed by atoms with Gasteiger partial charge >= 0.3 is 11.9 Å². The minimum Gasteiger partial charge on any atom is -0.497 e. The van der Waals surface area contributed by atoms with E-state index in [1.165, 1.54) is 0 Å². The van der Waals surface area contributed by atoms with Gasteiger partial charge in [0.1, 0.15) is 25.1 Å². The van der Waals surface area contributed by atoms with Crippen molar-refractivity contribution in [1.29, 1.82) is 0 Å². The van der Waals surface area contributed by atoms with Crippen molar-refractivity contribution < 1.29 is 33.3 Å². The molecule has 0 bridgehead atoms. The van der Waals surface area contributed by atoms with Crippen LogP contribution in [0.5, 0.6) is 5.75 Å². The van der Waals surface area contributed by atoms with Crippen LogP contribution in [0.25, 0.3) is 0 Å². The third-order valence-corrected chi connectivity index (χ3v) is 3.59. The van der Waals surface area contributed by atoms with Crippen molar-refractivity contribution in [2.75, 3.05) is 20.3 Å². The van der Waals surface area contributed by atoms with Crippen LogP contribution >= 0.6 is 0 Å². The maximum absolute atomic E-state index is 11.7. The molecule has 0 amide bonds. The minimum absolute atomic E-state index is 0.0253. The number of hydrogen-bond acceptors (Lipinski definition) is 7. The molecule has 0 aliphatic carbocycles. The summed E-state index contributed by atoms with van der Waals surface area (Å²) in [5, 5.41) is 0. The first-order valence-corrected chi connectivity index (χ1v) is 8.14. The molecule has 0 aromatic heterocycles. The van der Waals surface area contributed by atoms with Crippen molar-refractivity contribution in [1.82, 2.24) is 0 Å². The lowest BCUT2D eigenvalue weighted by Crippen LogP contribution is -2.25. The Morgan fingerprint density at radius 2 is 1.76 bits per heavy atom. The predicted octanol–water partition coefficient (Wildman–Crippen LogP) is 2.21. The van der Waals surface area contributed by atoms with Crippen LogP contribution in [0.1, 0.15) is 32.3 Å². The van der Waals surface area contributed by atoms with Crippen molar-refractivity contribution in [3.8, 4) is 5.75 Å². The van der Waals surface area contributed by atoms with E-state index in [1.807, 2.05) is 12.1 Å². The van der Waals surface area contributed by atoms with E-state index in [0.29, 0.717) is 6.61 Å². The molecular formula is C18H24O7. The number of benzene rings is 1. The molecule has 1 heterocycles. The first-order chi connectivity index (χ1) is 11.9. The van der Waals surface area contributed by atoms with Gasteiger partial charge in [-0.25, -0.2) is 0 Å². The summed E-state index contributed by atoms with van der Waals surface area (Å²) >= 11 is 0. The second-order valence-corrected chi connectivity index (χ2v) is 6.14. The fourth-order valence-electron chi connectivity index (χ4n) is 2.27. The second-order valence-electron chi connectivity index (χ2n) is 6.14. The fourth-order valence-corrected chi connectivity index (χ4v) is 2.27. The average Bonchev–Trinajstić information content (AvgIpc) is 2.95. The van der Waals surface area contributed by atoms with Gasteiger partial charge in [-0.2, -0.15) is 0 Å². The lowest BCUT2D eigenvalue weighted by atomic mass is 10.2. The molecule has 1 saturated heterocycles. The van der Waals surface area contributed by atoms with Gasteiger partial charge in [-0.3, -0.25) is 9.59 Å². The Labute approximate surface area is 147 Å². The topological polar surface area (TPSA) is 80.3 Å². The van der Waals surface area contributed by atoms with Crippen molar-refractivity contribution >= 4 is 11.9 Å². The Balaban J connectivity index is 1.60. The zero-order valence-corrected chi connectivity index (χ0v) is 14.8. The summed E-state index contributed by atoms with van der Waals surface area (Å²) in [5.74, 6) is -0.829. The zero-order valence-electron chi connectivity index (χ0n) is 14.8. The highest BCUT2D eigenvalue weighted by atomic mass is 16.7. The van der Waals surface area contributed by atoms with Gasteiger partial charge in [-0.1, -0.05) is 12.1 Å². The number of esters is 2. The third kappa shape index (κ3) is 6.72. The minimum atomic E-state index is -0.650. The Morgan fingerprint density at radius 3 is 2.32 bits per heavy atom. The molecule has 1 atom stereocenters. The summed E-state index contributed by atoms with van der Waals surface area (Å²) in [6, 6.07) is 7.20. The second kappa shape index (κ2) is 8.82. The predicted molar refractivity (Wildman–Crippen MR) is 87.9 cm³/mol. The standard InChI is InChI=1S/C18H24O7/c1-18(2)24-12-15(25-18)11-23-17(20)9-8-16(19)22-10-13-4-6-14(21-3)7-5-13/h4-7,15H,8-12H2,1-3H3/t15-/m0/s1. The van der Waals surface area contributed by atoms with Crippen molar-refractivity contribution in [2.45, 2.75) is 45.2 Å². The SMILES string of the molecule is COc1ccc(COC(=O)CCC(=O)OC[C@H]2COC(C)(C)O2)cc1. The third-order valence-electron chi connectivity index (χ3n) is 3.59. The largest absolute Gasteiger partial charge is 0.497 e. The fraction of sp³-hybridized carbons (Fsp3) is 0.556. The number of carbonyl (C=O) groups is 2. The van der Waals surface area contributed by atoms with E-state index in [2.05, 4.69) is 0 Å². The highest BCUT2D eigenvalue weighted by molar-refractivity contribution is 5.77. The van der Waals surface area contributed by atoms with E-state index in [9.17, 15) is 9.59 Å². The van der Waals surface area contributed by atoms with Gasteiger partial charge in [-0.15, -0.1) is 0 Å². The first-order valence-electron chi connectivity index (χ1n) is 8.14. The van der Waals surface area contributed by atoms with Crippen LogP contribution < -0.4 is 4.74 Å². The van der Waals surface area contributed by atoms with Gasteiger partial charge in [-0.05, 0) is 31.5 Å². The van der Waals surface area contributed by atoms with Crippen molar-refractivity contribution in [2.24, 2.45) is 0 Å². The van der Waals surface area contributed by atoms with Gasteiger partial charge in [0, 0.05) is 0 Å². The monoisotopic (exact) mass is 352 g/mol. The number of rotatable bonds is 8. The Kier molecular flexibility index (Phi) is 6.78. The average molecular weight is 352 g/mol. The zero-order chi connectivity index (χ0) is 18.3. The van der Waals surface area contributed by atoms with E-state index < -0.39 is 17.7 Å².